The highest BCUT2D eigenvalue weighted by atomic mass is 32.2. The summed E-state index contributed by atoms with van der Waals surface area (Å²) in [6.07, 6.45) is 0.731. The van der Waals surface area contributed by atoms with E-state index in [1.165, 1.54) is 17.9 Å². The van der Waals surface area contributed by atoms with E-state index in [-0.39, 0.29) is 36.7 Å². The van der Waals surface area contributed by atoms with Gasteiger partial charge in [-0.3, -0.25) is 13.9 Å². The minimum atomic E-state index is -3.84. The molecule has 1 N–H and O–H groups in total. The minimum Gasteiger partial charge on any atom is -0.497 e. The summed E-state index contributed by atoms with van der Waals surface area (Å²) in [7, 11) is -2.30. The highest BCUT2D eigenvalue weighted by molar-refractivity contribution is 7.92. The number of nitrogens with one attached hydrogen (secondary N) is 1. The maximum Gasteiger partial charge on any atom is 0.244 e. The summed E-state index contributed by atoms with van der Waals surface area (Å²) in [5.74, 6) is 0.448. The Labute approximate surface area is 218 Å². The molecular weight excluding hydrogens is 498 g/mol. The average Bonchev–Trinajstić information content (AvgIpc) is 3.37. The van der Waals surface area contributed by atoms with E-state index in [0.29, 0.717) is 17.2 Å². The zero-order valence-electron chi connectivity index (χ0n) is 21.9. The molecule has 2 atom stereocenters. The van der Waals surface area contributed by atoms with Crippen LogP contribution >= 0.6 is 0 Å². The van der Waals surface area contributed by atoms with Crippen LogP contribution in [0.4, 0.5) is 5.69 Å². The number of benzene rings is 2. The molecule has 0 saturated carbocycles. The number of carbonyl (C=O) groups is 2. The molecular formula is C26H35N3O7S. The monoisotopic (exact) mass is 533 g/mol. The third-order valence-corrected chi connectivity index (χ3v) is 8.02. The molecule has 202 valence electrons. The molecule has 0 fully saturated rings. The number of carbonyl (C=O) groups excluding carboxylic acids is 2. The molecule has 0 spiro atoms. The Kier molecular flexibility index (Phi) is 9.25. The zero-order valence-corrected chi connectivity index (χ0v) is 22.7. The lowest BCUT2D eigenvalue weighted by Crippen LogP contribution is -2.52. The molecule has 0 saturated heterocycles. The number of methoxy groups -OCH3 is 1. The molecule has 0 radical (unpaired) electrons. The summed E-state index contributed by atoms with van der Waals surface area (Å²) in [4.78, 5) is 28.1. The summed E-state index contributed by atoms with van der Waals surface area (Å²) in [6, 6.07) is 11.0. The van der Waals surface area contributed by atoms with Gasteiger partial charge in [0.25, 0.3) is 0 Å². The van der Waals surface area contributed by atoms with Gasteiger partial charge in [-0.2, -0.15) is 0 Å². The third-order valence-electron chi connectivity index (χ3n) is 6.28. The van der Waals surface area contributed by atoms with Crippen LogP contribution in [-0.2, 0) is 26.2 Å². The van der Waals surface area contributed by atoms with Crippen LogP contribution in [0, 0.1) is 0 Å². The molecule has 1 aliphatic rings. The molecule has 2 aromatic carbocycles. The van der Waals surface area contributed by atoms with Crippen molar-refractivity contribution in [2.24, 2.45) is 0 Å². The lowest BCUT2D eigenvalue weighted by molar-refractivity contribution is -0.139. The molecule has 2 aromatic rings. The van der Waals surface area contributed by atoms with Crippen molar-refractivity contribution in [3.63, 3.8) is 0 Å². The van der Waals surface area contributed by atoms with E-state index in [9.17, 15) is 18.0 Å². The van der Waals surface area contributed by atoms with Crippen molar-refractivity contribution in [3.8, 4) is 17.2 Å². The fourth-order valence-electron chi connectivity index (χ4n) is 3.78. The summed E-state index contributed by atoms with van der Waals surface area (Å²) in [6.45, 7) is 6.62. The van der Waals surface area contributed by atoms with Crippen molar-refractivity contribution in [2.45, 2.75) is 52.7 Å². The minimum absolute atomic E-state index is 0.0371. The van der Waals surface area contributed by atoms with Crippen molar-refractivity contribution >= 4 is 27.5 Å². The van der Waals surface area contributed by atoms with Crippen LogP contribution in [0.1, 0.15) is 39.7 Å². The van der Waals surface area contributed by atoms with Gasteiger partial charge in [0.15, 0.2) is 11.5 Å². The zero-order chi connectivity index (χ0) is 27.2. The van der Waals surface area contributed by atoms with Crippen molar-refractivity contribution in [3.05, 3.63) is 48.0 Å². The van der Waals surface area contributed by atoms with Gasteiger partial charge in [0.1, 0.15) is 18.3 Å². The standard InChI is InChI=1S/C26H35N3O7S/c1-6-18(3)27-26(31)19(4)28(15-20-9-8-10-22(13-20)34-5)25(30)16-29(37(32,33)7-2)21-11-12-23-24(14-21)36-17-35-23/h8-14,18-19H,6-7,15-17H2,1-5H3,(H,27,31). The number of rotatable bonds is 12. The molecule has 1 heterocycles. The maximum atomic E-state index is 13.7. The first-order valence-electron chi connectivity index (χ1n) is 12.2. The molecule has 2 unspecified atom stereocenters. The van der Waals surface area contributed by atoms with Gasteiger partial charge in [-0.1, -0.05) is 19.1 Å². The molecule has 10 nitrogen and oxygen atoms in total. The Balaban J connectivity index is 1.94. The summed E-state index contributed by atoms with van der Waals surface area (Å²) >= 11 is 0. The van der Waals surface area contributed by atoms with Crippen molar-refractivity contribution in [2.75, 3.05) is 30.5 Å². The predicted molar refractivity (Wildman–Crippen MR) is 140 cm³/mol. The molecule has 3 rings (SSSR count). The number of hydrogen-bond donors (Lipinski definition) is 1. The normalized spacial score (nSPS) is 14.0. The predicted octanol–water partition coefficient (Wildman–Crippen LogP) is 2.91. The molecule has 0 aliphatic carbocycles. The third kappa shape index (κ3) is 6.85. The smallest absolute Gasteiger partial charge is 0.244 e. The van der Waals surface area contributed by atoms with Crippen LogP contribution < -0.4 is 23.8 Å². The number of anilines is 1. The van der Waals surface area contributed by atoms with Crippen molar-refractivity contribution < 1.29 is 32.2 Å². The molecule has 0 bridgehead atoms. The van der Waals surface area contributed by atoms with E-state index < -0.39 is 28.5 Å². The van der Waals surface area contributed by atoms with Crippen LogP contribution in [0.15, 0.2) is 42.5 Å². The lowest BCUT2D eigenvalue weighted by Gasteiger charge is -2.32. The Morgan fingerprint density at radius 1 is 1.08 bits per heavy atom. The average molecular weight is 534 g/mol. The molecule has 1 aliphatic heterocycles. The topological polar surface area (TPSA) is 114 Å². The molecule has 2 amide bonds. The number of fused-ring (bicyclic) bond motifs is 1. The Morgan fingerprint density at radius 2 is 1.81 bits per heavy atom. The first-order chi connectivity index (χ1) is 17.6. The van der Waals surface area contributed by atoms with Gasteiger partial charge in [-0.05, 0) is 57.0 Å². The van der Waals surface area contributed by atoms with Gasteiger partial charge in [-0.15, -0.1) is 0 Å². The highest BCUT2D eigenvalue weighted by Gasteiger charge is 2.32. The maximum absolute atomic E-state index is 13.7. The van der Waals surface area contributed by atoms with E-state index in [0.717, 1.165) is 16.3 Å². The molecule has 37 heavy (non-hydrogen) atoms. The first-order valence-corrected chi connectivity index (χ1v) is 13.8. The van der Waals surface area contributed by atoms with Crippen LogP contribution in [-0.4, -0.2) is 63.4 Å². The number of ether oxygens (including phenoxy) is 3. The van der Waals surface area contributed by atoms with Crippen molar-refractivity contribution in [1.29, 1.82) is 0 Å². The molecule has 11 heteroatoms. The summed E-state index contributed by atoms with van der Waals surface area (Å²) in [5, 5.41) is 2.91. The lowest BCUT2D eigenvalue weighted by atomic mass is 10.1. The number of sulfonamides is 1. The van der Waals surface area contributed by atoms with Gasteiger partial charge in [0, 0.05) is 18.7 Å². The van der Waals surface area contributed by atoms with Crippen LogP contribution in [0.3, 0.4) is 0 Å². The van der Waals surface area contributed by atoms with E-state index in [1.54, 1.807) is 44.4 Å². The second kappa shape index (κ2) is 12.2. The summed E-state index contributed by atoms with van der Waals surface area (Å²) < 4.78 is 43.2. The fourth-order valence-corrected chi connectivity index (χ4v) is 4.83. The second-order valence-electron chi connectivity index (χ2n) is 8.81. The fraction of sp³-hybridized carbons (Fsp3) is 0.462. The van der Waals surface area contributed by atoms with E-state index in [2.05, 4.69) is 5.32 Å². The Bertz CT molecular complexity index is 1220. The number of amides is 2. The van der Waals surface area contributed by atoms with Crippen LogP contribution in [0.25, 0.3) is 0 Å². The van der Waals surface area contributed by atoms with Gasteiger partial charge >= 0.3 is 0 Å². The van der Waals surface area contributed by atoms with Gasteiger partial charge in [-0.25, -0.2) is 8.42 Å². The van der Waals surface area contributed by atoms with E-state index >= 15 is 0 Å². The van der Waals surface area contributed by atoms with Crippen molar-refractivity contribution in [1.82, 2.24) is 10.2 Å². The Hall–Kier alpha value is -3.47. The van der Waals surface area contributed by atoms with Gasteiger partial charge < -0.3 is 24.4 Å². The number of hydrogen-bond acceptors (Lipinski definition) is 7. The second-order valence-corrected chi connectivity index (χ2v) is 11.0. The SMILES string of the molecule is CCC(C)NC(=O)C(C)N(Cc1cccc(OC)c1)C(=O)CN(c1ccc2c(c1)OCO2)S(=O)(=O)CC. The van der Waals surface area contributed by atoms with Crippen LogP contribution in [0.2, 0.25) is 0 Å². The molecule has 0 aromatic heterocycles. The van der Waals surface area contributed by atoms with Gasteiger partial charge in [0.2, 0.25) is 28.6 Å². The first kappa shape index (κ1) is 28.1. The number of nitrogens with zero attached hydrogens (tertiary/aromatic N) is 2. The largest absolute Gasteiger partial charge is 0.497 e. The summed E-state index contributed by atoms with van der Waals surface area (Å²) in [5.41, 5.74) is 1.02. The van der Waals surface area contributed by atoms with Crippen LogP contribution in [0.5, 0.6) is 17.2 Å². The quantitative estimate of drug-likeness (QED) is 0.446. The van der Waals surface area contributed by atoms with E-state index in [1.807, 2.05) is 19.9 Å². The highest BCUT2D eigenvalue weighted by Crippen LogP contribution is 2.36. The van der Waals surface area contributed by atoms with E-state index in [4.69, 9.17) is 14.2 Å². The Morgan fingerprint density at radius 3 is 2.49 bits per heavy atom. The van der Waals surface area contributed by atoms with Gasteiger partial charge in [0.05, 0.1) is 18.6 Å².